The van der Waals surface area contributed by atoms with Crippen LogP contribution in [0.1, 0.15) is 90.4 Å². The summed E-state index contributed by atoms with van der Waals surface area (Å²) in [5, 5.41) is 75.9. The van der Waals surface area contributed by atoms with E-state index in [-0.39, 0.29) is 18.9 Å². The summed E-state index contributed by atoms with van der Waals surface area (Å²) >= 11 is 0. The minimum atomic E-state index is -1.73. The van der Waals surface area contributed by atoms with E-state index in [2.05, 4.69) is 12.2 Å². The van der Waals surface area contributed by atoms with E-state index in [9.17, 15) is 40.5 Å². The van der Waals surface area contributed by atoms with Crippen LogP contribution in [0.25, 0.3) is 0 Å². The van der Waals surface area contributed by atoms with E-state index < -0.39 is 98.4 Å². The minimum absolute atomic E-state index is 0.0554. The molecule has 3 rings (SSSR count). The first-order chi connectivity index (χ1) is 22.9. The summed E-state index contributed by atoms with van der Waals surface area (Å²) in [5.41, 5.74) is 18.3. The average Bonchev–Trinajstić information content (AvgIpc) is 3.06. The number of carbonyl (C=O) groups is 1. The van der Waals surface area contributed by atoms with Gasteiger partial charge in [0.2, 0.25) is 5.91 Å². The molecule has 0 aromatic rings. The number of nitrogens with two attached hydrogens (primary N) is 3. The second-order valence-electron chi connectivity index (χ2n) is 13.6. The van der Waals surface area contributed by atoms with Gasteiger partial charge in [-0.2, -0.15) is 0 Å². The Kier molecular flexibility index (Phi) is 17.8. The Hall–Kier alpha value is -1.09. The monoisotopic (exact) mass is 694 g/mol. The van der Waals surface area contributed by atoms with Gasteiger partial charge in [0.15, 0.2) is 12.6 Å². The van der Waals surface area contributed by atoms with Gasteiger partial charge in [-0.05, 0) is 12.8 Å². The molecule has 2 saturated heterocycles. The fourth-order valence-corrected chi connectivity index (χ4v) is 6.63. The molecule has 2 aliphatic heterocycles. The number of hydrogen-bond donors (Lipinski definition) is 11. The fraction of sp³-hybridized carbons (Fsp3) is 0.969. The third-order valence-electron chi connectivity index (χ3n) is 9.76. The van der Waals surface area contributed by atoms with Crippen LogP contribution < -0.4 is 22.5 Å². The van der Waals surface area contributed by atoms with E-state index in [1.165, 1.54) is 44.9 Å². The Balaban J connectivity index is 1.47. The lowest BCUT2D eigenvalue weighted by molar-refractivity contribution is -0.332. The second-order valence-corrected chi connectivity index (χ2v) is 13.6. The zero-order valence-corrected chi connectivity index (χ0v) is 28.2. The Labute approximate surface area is 283 Å². The van der Waals surface area contributed by atoms with E-state index in [0.717, 1.165) is 25.7 Å². The van der Waals surface area contributed by atoms with Crippen LogP contribution in [0.3, 0.4) is 0 Å². The molecule has 0 spiro atoms. The number of unbranched alkanes of at least 4 members (excludes halogenated alkanes) is 10. The van der Waals surface area contributed by atoms with Crippen molar-refractivity contribution in [2.24, 2.45) is 17.2 Å². The third kappa shape index (κ3) is 11.5. The van der Waals surface area contributed by atoms with Crippen molar-refractivity contribution in [2.75, 3.05) is 13.2 Å². The smallest absolute Gasteiger partial charge is 0.220 e. The van der Waals surface area contributed by atoms with Gasteiger partial charge in [0.05, 0.1) is 12.6 Å². The van der Waals surface area contributed by atoms with Gasteiger partial charge in [-0.3, -0.25) is 4.79 Å². The lowest BCUT2D eigenvalue weighted by Crippen LogP contribution is -2.68. The molecule has 3 aliphatic rings. The first-order valence-corrected chi connectivity index (χ1v) is 17.8. The van der Waals surface area contributed by atoms with Gasteiger partial charge in [0.1, 0.15) is 61.0 Å². The van der Waals surface area contributed by atoms with Crippen LogP contribution in [0, 0.1) is 0 Å². The largest absolute Gasteiger partial charge is 0.394 e. The Morgan fingerprint density at radius 2 is 1.17 bits per heavy atom. The zero-order chi connectivity index (χ0) is 35.4. The highest BCUT2D eigenvalue weighted by molar-refractivity contribution is 5.75. The van der Waals surface area contributed by atoms with Crippen molar-refractivity contribution in [3.05, 3.63) is 0 Å². The van der Waals surface area contributed by atoms with Crippen LogP contribution in [0.4, 0.5) is 0 Å². The maximum Gasteiger partial charge on any atom is 0.220 e. The van der Waals surface area contributed by atoms with E-state index in [1.54, 1.807) is 0 Å². The number of aliphatic hydroxyl groups is 7. The summed E-state index contributed by atoms with van der Waals surface area (Å²) in [4.78, 5) is 12.5. The number of rotatable bonds is 19. The van der Waals surface area contributed by atoms with E-state index in [4.69, 9.17) is 36.1 Å². The molecular formula is C32H62N4O12. The topological polar surface area (TPSA) is 286 Å². The van der Waals surface area contributed by atoms with Gasteiger partial charge >= 0.3 is 0 Å². The van der Waals surface area contributed by atoms with Crippen molar-refractivity contribution >= 4 is 5.91 Å². The number of nitrogens with one attached hydrogen (secondary N) is 1. The maximum absolute atomic E-state index is 12.5. The molecule has 0 bridgehead atoms. The fourth-order valence-electron chi connectivity index (χ4n) is 6.63. The number of ether oxygens (including phenoxy) is 4. The van der Waals surface area contributed by atoms with Gasteiger partial charge in [0.25, 0.3) is 0 Å². The number of hydrogen-bond acceptors (Lipinski definition) is 15. The summed E-state index contributed by atoms with van der Waals surface area (Å²) in [6.07, 6.45) is -4.11. The first kappa shape index (κ1) is 41.3. The van der Waals surface area contributed by atoms with Crippen molar-refractivity contribution in [1.29, 1.82) is 0 Å². The zero-order valence-electron chi connectivity index (χ0n) is 28.2. The lowest BCUT2D eigenvalue weighted by atomic mass is 9.84. The second kappa shape index (κ2) is 20.7. The number of aliphatic hydroxyl groups excluding tert-OH is 7. The van der Waals surface area contributed by atoms with Gasteiger partial charge in [0, 0.05) is 25.0 Å². The standard InChI is InChI=1S/C32H62N4O12/c1-2-3-4-5-6-7-8-9-10-11-12-13-21(38)36-15-19-24(40)26(42)27(43)32(45-19)48-30-18(34)14-17(33)29(28(30)44)47-31-25(41)22(35)23(39)20(16-37)46-31/h17-20,22-32,37,39-44H,2-16,33-35H2,1H3,(H,36,38)/t17?,18?,19?,20-,22-,23?,24-,25-,26+,27?,28-,29-,30?,31?,32-/m1/s1. The Bertz CT molecular complexity index is 924. The molecule has 7 unspecified atom stereocenters. The third-order valence-corrected chi connectivity index (χ3v) is 9.76. The highest BCUT2D eigenvalue weighted by Crippen LogP contribution is 2.31. The predicted octanol–water partition coefficient (Wildman–Crippen LogP) is -2.43. The summed E-state index contributed by atoms with van der Waals surface area (Å²) in [5.74, 6) is -0.235. The summed E-state index contributed by atoms with van der Waals surface area (Å²) in [7, 11) is 0. The number of carbonyl (C=O) groups excluding carboxylic acids is 1. The molecule has 48 heavy (non-hydrogen) atoms. The lowest BCUT2D eigenvalue weighted by Gasteiger charge is -2.48. The van der Waals surface area contributed by atoms with Crippen molar-refractivity contribution in [2.45, 2.75) is 182 Å². The SMILES string of the molecule is CCCCCCCCCCCCCC(=O)NCC1O[C@H](OC2C(N)CC(N)[C@@H](OC3O[C@H](CO)C(O)[C@@H](N)[C@H]3O)[C@H]2O)C(O)[C@@H](O)[C@@H]1O. The van der Waals surface area contributed by atoms with Crippen LogP contribution in [0.5, 0.6) is 0 Å². The molecule has 1 saturated carbocycles. The van der Waals surface area contributed by atoms with Crippen LogP contribution in [-0.4, -0.2) is 147 Å². The van der Waals surface area contributed by atoms with Gasteiger partial charge in [-0.15, -0.1) is 0 Å². The van der Waals surface area contributed by atoms with Crippen molar-refractivity contribution in [3.63, 3.8) is 0 Å². The van der Waals surface area contributed by atoms with E-state index >= 15 is 0 Å². The van der Waals surface area contributed by atoms with Gasteiger partial charge < -0.3 is 77.2 Å². The summed E-state index contributed by atoms with van der Waals surface area (Å²) < 4.78 is 22.9. The molecule has 1 aliphatic carbocycles. The normalized spacial score (nSPS) is 40.5. The average molecular weight is 695 g/mol. The number of amides is 1. The van der Waals surface area contributed by atoms with E-state index in [0.29, 0.717) is 6.42 Å². The Morgan fingerprint density at radius 1 is 0.667 bits per heavy atom. The highest BCUT2D eigenvalue weighted by atomic mass is 16.7. The van der Waals surface area contributed by atoms with Crippen LogP contribution >= 0.6 is 0 Å². The molecule has 0 aromatic carbocycles. The van der Waals surface area contributed by atoms with Crippen LogP contribution in [-0.2, 0) is 23.7 Å². The van der Waals surface area contributed by atoms with Crippen molar-refractivity contribution in [3.8, 4) is 0 Å². The minimum Gasteiger partial charge on any atom is -0.394 e. The molecule has 3 fully saturated rings. The molecule has 16 nitrogen and oxygen atoms in total. The summed E-state index contributed by atoms with van der Waals surface area (Å²) in [6, 6.07) is -2.97. The first-order valence-electron chi connectivity index (χ1n) is 17.8. The molecule has 1 amide bonds. The van der Waals surface area contributed by atoms with Crippen molar-refractivity contribution < 1.29 is 59.5 Å². The molecule has 282 valence electrons. The maximum atomic E-state index is 12.5. The van der Waals surface area contributed by atoms with Gasteiger partial charge in [-0.25, -0.2) is 0 Å². The van der Waals surface area contributed by atoms with E-state index in [1.807, 2.05) is 0 Å². The molecule has 16 heteroatoms. The van der Waals surface area contributed by atoms with Gasteiger partial charge in [-0.1, -0.05) is 71.1 Å². The molecule has 2 heterocycles. The molecule has 0 aromatic heterocycles. The molecule has 0 radical (unpaired) electrons. The van der Waals surface area contributed by atoms with Crippen molar-refractivity contribution in [1.82, 2.24) is 5.32 Å². The molecule has 14 N–H and O–H groups in total. The van der Waals surface area contributed by atoms with Crippen LogP contribution in [0.2, 0.25) is 0 Å². The quantitative estimate of drug-likeness (QED) is 0.0627. The predicted molar refractivity (Wildman–Crippen MR) is 173 cm³/mol. The van der Waals surface area contributed by atoms with Crippen LogP contribution in [0.15, 0.2) is 0 Å². The molecular weight excluding hydrogens is 632 g/mol. The Morgan fingerprint density at radius 3 is 1.71 bits per heavy atom. The summed E-state index contributed by atoms with van der Waals surface area (Å²) in [6.45, 7) is 1.44. The highest BCUT2D eigenvalue weighted by Gasteiger charge is 2.51. The molecule has 15 atom stereocenters.